The zero-order valence-electron chi connectivity index (χ0n) is 14.8. The maximum Gasteiger partial charge on any atom is 0.422 e. The van der Waals surface area contributed by atoms with Gasteiger partial charge >= 0.3 is 6.18 Å². The molecule has 5 nitrogen and oxygen atoms in total. The number of guanidine groups is 1. The predicted octanol–water partition coefficient (Wildman–Crippen LogP) is 3.93. The van der Waals surface area contributed by atoms with Crippen LogP contribution in [0, 0.1) is 0 Å². The number of rotatable bonds is 9. The molecule has 0 bridgehead atoms. The van der Waals surface area contributed by atoms with Gasteiger partial charge in [-0.2, -0.15) is 13.2 Å². The summed E-state index contributed by atoms with van der Waals surface area (Å²) in [6.45, 7) is -0.00263. The predicted molar refractivity (Wildman–Crippen MR) is 104 cm³/mol. The van der Waals surface area contributed by atoms with E-state index in [0.29, 0.717) is 12.5 Å². The Hall–Kier alpha value is -1.94. The number of ether oxygens (including phenoxy) is 1. The van der Waals surface area contributed by atoms with E-state index < -0.39 is 12.8 Å². The van der Waals surface area contributed by atoms with Gasteiger partial charge in [-0.3, -0.25) is 4.99 Å². The lowest BCUT2D eigenvalue weighted by Gasteiger charge is -2.12. The molecule has 0 saturated heterocycles. The second-order valence-corrected chi connectivity index (χ2v) is 7.64. The van der Waals surface area contributed by atoms with Crippen molar-refractivity contribution in [2.75, 3.05) is 26.0 Å². The Labute approximate surface area is 164 Å². The zero-order valence-corrected chi connectivity index (χ0v) is 16.4. The van der Waals surface area contributed by atoms with Gasteiger partial charge in [0.1, 0.15) is 10.1 Å². The van der Waals surface area contributed by atoms with Gasteiger partial charge < -0.3 is 15.4 Å². The average Bonchev–Trinajstić information content (AvgIpc) is 3.16. The van der Waals surface area contributed by atoms with E-state index in [1.165, 1.54) is 12.1 Å². The van der Waals surface area contributed by atoms with Gasteiger partial charge in [0.15, 0.2) is 12.6 Å². The lowest BCUT2D eigenvalue weighted by Crippen LogP contribution is -2.37. The van der Waals surface area contributed by atoms with E-state index in [1.54, 1.807) is 48.5 Å². The van der Waals surface area contributed by atoms with Gasteiger partial charge in [-0.15, -0.1) is 11.3 Å². The van der Waals surface area contributed by atoms with E-state index in [-0.39, 0.29) is 5.75 Å². The first-order chi connectivity index (χ1) is 13.0. The van der Waals surface area contributed by atoms with Crippen LogP contribution in [-0.4, -0.2) is 43.1 Å². The monoisotopic (exact) mass is 418 g/mol. The normalized spacial score (nSPS) is 12.1. The van der Waals surface area contributed by atoms with Crippen LogP contribution >= 0.6 is 23.1 Å². The minimum Gasteiger partial charge on any atom is -0.484 e. The number of aromatic nitrogens is 1. The van der Waals surface area contributed by atoms with Crippen molar-refractivity contribution in [3.63, 3.8) is 0 Å². The molecule has 0 spiro atoms. The SMILES string of the molecule is CN=C(NCCCSc1nccs1)NCc1ccc(OCC(F)(F)F)cc1. The summed E-state index contributed by atoms with van der Waals surface area (Å²) in [5, 5.41) is 8.35. The number of thiazole rings is 1. The van der Waals surface area contributed by atoms with Gasteiger partial charge in [0, 0.05) is 37.5 Å². The summed E-state index contributed by atoms with van der Waals surface area (Å²) in [5.41, 5.74) is 0.914. The first-order valence-corrected chi connectivity index (χ1v) is 10.1. The van der Waals surface area contributed by atoms with Crippen molar-refractivity contribution < 1.29 is 17.9 Å². The van der Waals surface area contributed by atoms with Crippen molar-refractivity contribution in [1.82, 2.24) is 15.6 Å². The van der Waals surface area contributed by atoms with E-state index in [4.69, 9.17) is 0 Å². The molecule has 0 saturated carbocycles. The molecule has 27 heavy (non-hydrogen) atoms. The molecule has 1 aromatic heterocycles. The van der Waals surface area contributed by atoms with Crippen molar-refractivity contribution in [2.45, 2.75) is 23.5 Å². The molecule has 148 valence electrons. The summed E-state index contributed by atoms with van der Waals surface area (Å²) >= 11 is 3.36. The Morgan fingerprint density at radius 1 is 1.26 bits per heavy atom. The van der Waals surface area contributed by atoms with Crippen LogP contribution in [0.15, 0.2) is 45.2 Å². The minimum atomic E-state index is -4.34. The molecule has 2 N–H and O–H groups in total. The third-order valence-electron chi connectivity index (χ3n) is 3.26. The van der Waals surface area contributed by atoms with Crippen molar-refractivity contribution in [3.05, 3.63) is 41.4 Å². The topological polar surface area (TPSA) is 58.5 Å². The van der Waals surface area contributed by atoms with Gasteiger partial charge in [0.05, 0.1) is 0 Å². The van der Waals surface area contributed by atoms with Crippen LogP contribution in [0.2, 0.25) is 0 Å². The summed E-state index contributed by atoms with van der Waals surface area (Å²) in [5.74, 6) is 1.83. The Kier molecular flexibility index (Phi) is 8.73. The first-order valence-electron chi connectivity index (χ1n) is 8.21. The van der Waals surface area contributed by atoms with Crippen LogP contribution in [-0.2, 0) is 6.54 Å². The smallest absolute Gasteiger partial charge is 0.422 e. The first kappa shape index (κ1) is 21.4. The number of hydrogen-bond donors (Lipinski definition) is 2. The molecule has 1 heterocycles. The Balaban J connectivity index is 1.64. The second kappa shape index (κ2) is 11.0. The number of nitrogens with one attached hydrogen (secondary N) is 2. The van der Waals surface area contributed by atoms with Crippen LogP contribution < -0.4 is 15.4 Å². The summed E-state index contributed by atoms with van der Waals surface area (Å²) in [6.07, 6.45) is -1.57. The summed E-state index contributed by atoms with van der Waals surface area (Å²) in [7, 11) is 1.69. The molecular formula is C17H21F3N4OS2. The standard InChI is InChI=1S/C17H21F3N4OS2/c1-21-15(22-7-2-9-26-16-23-8-10-27-16)24-11-13-3-5-14(6-4-13)25-12-17(18,19)20/h3-6,8,10H,2,7,9,11-12H2,1H3,(H2,21,22,24). The third-order valence-corrected chi connectivity index (χ3v) is 5.31. The van der Waals surface area contributed by atoms with Crippen molar-refractivity contribution in [1.29, 1.82) is 0 Å². The lowest BCUT2D eigenvalue weighted by molar-refractivity contribution is -0.153. The number of nitrogens with zero attached hydrogens (tertiary/aromatic N) is 2. The fourth-order valence-electron chi connectivity index (χ4n) is 2.00. The van der Waals surface area contributed by atoms with Crippen LogP contribution in [0.25, 0.3) is 0 Å². The molecule has 1 aromatic carbocycles. The maximum absolute atomic E-state index is 12.1. The van der Waals surface area contributed by atoms with Gasteiger partial charge in [0.25, 0.3) is 0 Å². The molecular weight excluding hydrogens is 397 g/mol. The molecule has 10 heteroatoms. The number of aliphatic imine (C=N–C) groups is 1. The van der Waals surface area contributed by atoms with Crippen molar-refractivity contribution in [2.24, 2.45) is 4.99 Å². The van der Waals surface area contributed by atoms with E-state index in [9.17, 15) is 13.2 Å². The number of thioether (sulfide) groups is 1. The van der Waals surface area contributed by atoms with Crippen molar-refractivity contribution >= 4 is 29.1 Å². The Bertz CT molecular complexity index is 691. The maximum atomic E-state index is 12.1. The Morgan fingerprint density at radius 3 is 2.67 bits per heavy atom. The summed E-state index contributed by atoms with van der Waals surface area (Å²) < 4.78 is 42.2. The minimum absolute atomic E-state index is 0.191. The van der Waals surface area contributed by atoms with Gasteiger partial charge in [0.2, 0.25) is 0 Å². The zero-order chi connectivity index (χ0) is 19.5. The van der Waals surface area contributed by atoms with Crippen LogP contribution in [0.5, 0.6) is 5.75 Å². The van der Waals surface area contributed by atoms with Crippen molar-refractivity contribution in [3.8, 4) is 5.75 Å². The van der Waals surface area contributed by atoms with Gasteiger partial charge in [-0.25, -0.2) is 4.98 Å². The molecule has 0 atom stereocenters. The lowest BCUT2D eigenvalue weighted by atomic mass is 10.2. The fourth-order valence-corrected chi connectivity index (χ4v) is 3.64. The molecule has 0 radical (unpaired) electrons. The van der Waals surface area contributed by atoms with E-state index in [1.807, 2.05) is 5.38 Å². The third kappa shape index (κ3) is 9.00. The quantitative estimate of drug-likeness (QED) is 0.280. The number of alkyl halides is 3. The highest BCUT2D eigenvalue weighted by atomic mass is 32.2. The molecule has 0 fully saturated rings. The summed E-state index contributed by atoms with van der Waals surface area (Å²) in [6, 6.07) is 6.48. The second-order valence-electron chi connectivity index (χ2n) is 5.40. The molecule has 0 aliphatic heterocycles. The molecule has 2 rings (SSSR count). The number of hydrogen-bond acceptors (Lipinski definition) is 5. The van der Waals surface area contributed by atoms with Gasteiger partial charge in [-0.05, 0) is 24.1 Å². The fraction of sp³-hybridized carbons (Fsp3) is 0.412. The molecule has 2 aromatic rings. The average molecular weight is 419 g/mol. The molecule has 0 unspecified atom stereocenters. The highest BCUT2D eigenvalue weighted by Gasteiger charge is 2.28. The number of benzene rings is 1. The van der Waals surface area contributed by atoms with Crippen LogP contribution in [0.4, 0.5) is 13.2 Å². The van der Waals surface area contributed by atoms with E-state index in [0.717, 1.165) is 28.6 Å². The van der Waals surface area contributed by atoms with Crippen LogP contribution in [0.1, 0.15) is 12.0 Å². The van der Waals surface area contributed by atoms with Crippen LogP contribution in [0.3, 0.4) is 0 Å². The summed E-state index contributed by atoms with van der Waals surface area (Å²) in [4.78, 5) is 8.37. The van der Waals surface area contributed by atoms with E-state index >= 15 is 0 Å². The number of halogens is 3. The highest BCUT2D eigenvalue weighted by molar-refractivity contribution is 8.00. The molecule has 0 aliphatic rings. The largest absolute Gasteiger partial charge is 0.484 e. The molecule has 0 aliphatic carbocycles. The van der Waals surface area contributed by atoms with E-state index in [2.05, 4.69) is 25.3 Å². The molecule has 0 amide bonds. The van der Waals surface area contributed by atoms with Gasteiger partial charge in [-0.1, -0.05) is 23.9 Å². The Morgan fingerprint density at radius 2 is 2.04 bits per heavy atom. The highest BCUT2D eigenvalue weighted by Crippen LogP contribution is 2.20.